The van der Waals surface area contributed by atoms with Gasteiger partial charge in [0.1, 0.15) is 0 Å². The number of aromatic nitrogens is 5. The number of rotatable bonds is 3. The second-order valence-corrected chi connectivity index (χ2v) is 4.51. The zero-order valence-corrected chi connectivity index (χ0v) is 10.3. The molecule has 1 N–H and O–H groups in total. The molecule has 0 amide bonds. The van der Waals surface area contributed by atoms with Gasteiger partial charge in [-0.15, -0.1) is 5.10 Å². The van der Waals surface area contributed by atoms with E-state index in [2.05, 4.69) is 20.3 Å². The number of carboxylic acid groups (broad SMARTS) is 1. The molecule has 0 aromatic carbocycles. The van der Waals surface area contributed by atoms with Gasteiger partial charge in [0.15, 0.2) is 5.69 Å². The molecule has 1 aliphatic heterocycles. The summed E-state index contributed by atoms with van der Waals surface area (Å²) in [7, 11) is 0. The predicted molar refractivity (Wildman–Crippen MR) is 65.0 cm³/mol. The molecule has 0 saturated carbocycles. The molecule has 1 saturated heterocycles. The molecule has 1 aliphatic rings. The highest BCUT2D eigenvalue weighted by molar-refractivity contribution is 5.84. The molecule has 8 heteroatoms. The van der Waals surface area contributed by atoms with E-state index in [1.54, 1.807) is 17.1 Å². The Balaban J connectivity index is 1.65. The van der Waals surface area contributed by atoms with Gasteiger partial charge in [0, 0.05) is 25.5 Å². The summed E-state index contributed by atoms with van der Waals surface area (Å²) in [5, 5.41) is 16.2. The van der Waals surface area contributed by atoms with E-state index >= 15 is 0 Å². The third kappa shape index (κ3) is 2.12. The summed E-state index contributed by atoms with van der Waals surface area (Å²) in [6.45, 7) is 3.34. The van der Waals surface area contributed by atoms with Crippen LogP contribution in [0.25, 0.3) is 0 Å². The summed E-state index contributed by atoms with van der Waals surface area (Å²) >= 11 is 0. The maximum Gasteiger partial charge on any atom is 0.358 e. The third-order valence-corrected chi connectivity index (χ3v) is 3.02. The van der Waals surface area contributed by atoms with Crippen molar-refractivity contribution in [2.24, 2.45) is 0 Å². The highest BCUT2D eigenvalue weighted by atomic mass is 16.4. The fourth-order valence-electron chi connectivity index (χ4n) is 1.89. The van der Waals surface area contributed by atoms with Crippen molar-refractivity contribution in [2.45, 2.75) is 13.0 Å². The molecule has 0 atom stereocenters. The normalized spacial score (nSPS) is 15.3. The Bertz CT molecular complexity index is 602. The summed E-state index contributed by atoms with van der Waals surface area (Å²) in [6, 6.07) is 0.116. The van der Waals surface area contributed by atoms with Gasteiger partial charge in [0.2, 0.25) is 5.95 Å². The molecule has 3 rings (SSSR count). The molecule has 1 fully saturated rings. The van der Waals surface area contributed by atoms with Crippen molar-refractivity contribution in [3.63, 3.8) is 0 Å². The predicted octanol–water partition coefficient (Wildman–Crippen LogP) is 0.136. The minimum absolute atomic E-state index is 0.0370. The lowest BCUT2D eigenvalue weighted by atomic mass is 10.1. The van der Waals surface area contributed by atoms with E-state index in [9.17, 15) is 4.79 Å². The highest BCUT2D eigenvalue weighted by Crippen LogP contribution is 2.24. The molecule has 8 nitrogen and oxygen atoms in total. The van der Waals surface area contributed by atoms with Crippen LogP contribution in [-0.4, -0.2) is 49.1 Å². The first-order chi connectivity index (χ1) is 9.13. The average Bonchev–Trinajstić information content (AvgIpc) is 2.79. The van der Waals surface area contributed by atoms with E-state index in [4.69, 9.17) is 5.11 Å². The Hall–Kier alpha value is -2.51. The molecule has 19 heavy (non-hydrogen) atoms. The van der Waals surface area contributed by atoms with Crippen molar-refractivity contribution in [3.05, 3.63) is 29.8 Å². The number of hydrogen-bond donors (Lipinski definition) is 1. The fourth-order valence-corrected chi connectivity index (χ4v) is 1.89. The number of nitrogens with zero attached hydrogens (tertiary/aromatic N) is 6. The lowest BCUT2D eigenvalue weighted by Gasteiger charge is -2.38. The van der Waals surface area contributed by atoms with E-state index < -0.39 is 5.97 Å². The second-order valence-electron chi connectivity index (χ2n) is 4.51. The van der Waals surface area contributed by atoms with Crippen LogP contribution in [0.2, 0.25) is 0 Å². The fraction of sp³-hybridized carbons (Fsp3) is 0.364. The number of carboxylic acids is 1. The highest BCUT2D eigenvalue weighted by Gasteiger charge is 2.31. The lowest BCUT2D eigenvalue weighted by molar-refractivity contribution is 0.0690. The van der Waals surface area contributed by atoms with E-state index in [0.717, 1.165) is 5.56 Å². The smallest absolute Gasteiger partial charge is 0.358 e. The monoisotopic (exact) mass is 260 g/mol. The molecule has 0 spiro atoms. The molecule has 3 heterocycles. The third-order valence-electron chi connectivity index (χ3n) is 3.02. The average molecular weight is 260 g/mol. The molecule has 0 unspecified atom stereocenters. The second kappa shape index (κ2) is 4.30. The van der Waals surface area contributed by atoms with Gasteiger partial charge in [-0.25, -0.2) is 19.4 Å². The SMILES string of the molecule is Cc1cnc(N2CC(n3cc(C(=O)O)nn3)C2)nc1. The van der Waals surface area contributed by atoms with Crippen molar-refractivity contribution in [1.29, 1.82) is 0 Å². The molecular weight excluding hydrogens is 248 g/mol. The summed E-state index contributed by atoms with van der Waals surface area (Å²) in [6.07, 6.45) is 4.99. The van der Waals surface area contributed by atoms with Gasteiger partial charge in [-0.2, -0.15) is 0 Å². The van der Waals surface area contributed by atoms with Gasteiger partial charge in [-0.05, 0) is 12.5 Å². The Kier molecular flexibility index (Phi) is 2.62. The lowest BCUT2D eigenvalue weighted by Crippen LogP contribution is -2.48. The van der Waals surface area contributed by atoms with Crippen LogP contribution >= 0.6 is 0 Å². The quantitative estimate of drug-likeness (QED) is 0.838. The van der Waals surface area contributed by atoms with Crippen molar-refractivity contribution in [2.75, 3.05) is 18.0 Å². The summed E-state index contributed by atoms with van der Waals surface area (Å²) in [5.41, 5.74) is 0.980. The maximum atomic E-state index is 10.7. The summed E-state index contributed by atoms with van der Waals surface area (Å²) < 4.78 is 1.58. The van der Waals surface area contributed by atoms with Crippen molar-refractivity contribution in [3.8, 4) is 0 Å². The van der Waals surface area contributed by atoms with E-state index in [1.807, 2.05) is 11.8 Å². The number of aryl methyl sites for hydroxylation is 1. The van der Waals surface area contributed by atoms with Crippen molar-refractivity contribution < 1.29 is 9.90 Å². The van der Waals surface area contributed by atoms with Crippen molar-refractivity contribution >= 4 is 11.9 Å². The zero-order valence-electron chi connectivity index (χ0n) is 10.3. The van der Waals surface area contributed by atoms with Gasteiger partial charge < -0.3 is 10.0 Å². The molecule has 2 aromatic heterocycles. The summed E-state index contributed by atoms with van der Waals surface area (Å²) in [5.74, 6) is -0.385. The molecule has 0 radical (unpaired) electrons. The van der Waals surface area contributed by atoms with Gasteiger partial charge >= 0.3 is 5.97 Å². The van der Waals surface area contributed by atoms with Crippen LogP contribution in [0, 0.1) is 6.92 Å². The van der Waals surface area contributed by atoms with Crippen LogP contribution in [-0.2, 0) is 0 Å². The van der Waals surface area contributed by atoms with E-state index in [0.29, 0.717) is 19.0 Å². The standard InChI is InChI=1S/C11H12N6O2/c1-7-2-12-11(13-3-7)16-4-8(5-16)17-6-9(10(18)19)14-15-17/h2-3,6,8H,4-5H2,1H3,(H,18,19). The number of carbonyl (C=O) groups is 1. The molecular formula is C11H12N6O2. The van der Waals surface area contributed by atoms with E-state index in [-0.39, 0.29) is 11.7 Å². The first kappa shape index (κ1) is 11.6. The van der Waals surface area contributed by atoms with Gasteiger partial charge in [-0.1, -0.05) is 5.21 Å². The Morgan fingerprint density at radius 3 is 2.63 bits per heavy atom. The van der Waals surface area contributed by atoms with Crippen molar-refractivity contribution in [1.82, 2.24) is 25.0 Å². The number of anilines is 1. The first-order valence-corrected chi connectivity index (χ1v) is 5.82. The van der Waals surface area contributed by atoms with Crippen LogP contribution in [0.3, 0.4) is 0 Å². The van der Waals surface area contributed by atoms with Crippen LogP contribution in [0.15, 0.2) is 18.6 Å². The van der Waals surface area contributed by atoms with Crippen LogP contribution < -0.4 is 4.90 Å². The molecule has 98 valence electrons. The van der Waals surface area contributed by atoms with Gasteiger partial charge in [0.05, 0.1) is 12.2 Å². The largest absolute Gasteiger partial charge is 0.476 e. The minimum atomic E-state index is -1.07. The Morgan fingerprint density at radius 1 is 1.37 bits per heavy atom. The first-order valence-electron chi connectivity index (χ1n) is 5.82. The van der Waals surface area contributed by atoms with Gasteiger partial charge in [-0.3, -0.25) is 0 Å². The zero-order chi connectivity index (χ0) is 13.4. The van der Waals surface area contributed by atoms with E-state index in [1.165, 1.54) is 6.20 Å². The minimum Gasteiger partial charge on any atom is -0.476 e. The Morgan fingerprint density at radius 2 is 2.05 bits per heavy atom. The van der Waals surface area contributed by atoms with Crippen LogP contribution in [0.5, 0.6) is 0 Å². The number of aromatic carboxylic acids is 1. The molecule has 0 bridgehead atoms. The van der Waals surface area contributed by atoms with Gasteiger partial charge in [0.25, 0.3) is 0 Å². The summed E-state index contributed by atoms with van der Waals surface area (Å²) in [4.78, 5) is 21.2. The molecule has 2 aromatic rings. The molecule has 0 aliphatic carbocycles. The van der Waals surface area contributed by atoms with Crippen LogP contribution in [0.4, 0.5) is 5.95 Å². The number of hydrogen-bond acceptors (Lipinski definition) is 6. The van der Waals surface area contributed by atoms with Crippen LogP contribution in [0.1, 0.15) is 22.1 Å². The topological polar surface area (TPSA) is 97.0 Å². The Labute approximate surface area is 108 Å². The maximum absolute atomic E-state index is 10.7.